The van der Waals surface area contributed by atoms with Crippen LogP contribution in [-0.4, -0.2) is 22.2 Å². The van der Waals surface area contributed by atoms with E-state index >= 15 is 0 Å². The van der Waals surface area contributed by atoms with Gasteiger partial charge in [0.25, 0.3) is 5.91 Å². The van der Waals surface area contributed by atoms with Gasteiger partial charge in [-0.15, -0.1) is 13.2 Å². The van der Waals surface area contributed by atoms with Gasteiger partial charge in [0.2, 0.25) is 5.82 Å². The van der Waals surface area contributed by atoms with Gasteiger partial charge in [-0.25, -0.2) is 9.97 Å². The Labute approximate surface area is 226 Å². The highest BCUT2D eigenvalue weighted by molar-refractivity contribution is 6.09. The van der Waals surface area contributed by atoms with Crippen LogP contribution >= 0.6 is 0 Å². The molecule has 0 saturated heterocycles. The van der Waals surface area contributed by atoms with Crippen molar-refractivity contribution < 1.29 is 49.0 Å². The molecule has 0 spiro atoms. The van der Waals surface area contributed by atoms with Crippen molar-refractivity contribution in [3.8, 4) is 5.75 Å². The number of benzene rings is 2. The Hall–Kier alpha value is -4.30. The lowest BCUT2D eigenvalue weighted by molar-refractivity contribution is -0.274. The molecule has 0 fully saturated rings. The number of nitrogens with one attached hydrogen (secondary N) is 1. The Morgan fingerprint density at radius 3 is 2.12 bits per heavy atom. The lowest BCUT2D eigenvalue weighted by Crippen LogP contribution is -2.41. The highest BCUT2D eigenvalue weighted by atomic mass is 19.4. The summed E-state index contributed by atoms with van der Waals surface area (Å²) in [6, 6.07) is 8.21. The van der Waals surface area contributed by atoms with E-state index in [1.807, 2.05) is 0 Å². The molecule has 2 heterocycles. The Morgan fingerprint density at radius 1 is 0.878 bits per heavy atom. The van der Waals surface area contributed by atoms with Crippen LogP contribution in [0.4, 0.5) is 45.2 Å². The van der Waals surface area contributed by atoms with Crippen LogP contribution in [0.15, 0.2) is 72.6 Å². The van der Waals surface area contributed by atoms with Gasteiger partial charge >= 0.3 is 18.7 Å². The molecule has 0 saturated carbocycles. The van der Waals surface area contributed by atoms with Gasteiger partial charge in [-0.1, -0.05) is 12.1 Å². The maximum absolute atomic E-state index is 13.6. The summed E-state index contributed by atoms with van der Waals surface area (Å²) in [7, 11) is 0. The molecule has 0 aliphatic carbocycles. The number of carbonyl (C=O) groups excluding carboxylic acids is 1. The van der Waals surface area contributed by atoms with Crippen molar-refractivity contribution in [2.45, 2.75) is 44.1 Å². The van der Waals surface area contributed by atoms with E-state index in [-0.39, 0.29) is 22.6 Å². The van der Waals surface area contributed by atoms with E-state index in [0.717, 1.165) is 47.5 Å². The van der Waals surface area contributed by atoms with E-state index in [2.05, 4.69) is 20.0 Å². The fraction of sp³-hybridized carbons (Fsp3) is 0.269. The van der Waals surface area contributed by atoms with Crippen LogP contribution in [0.1, 0.15) is 42.5 Å². The minimum Gasteiger partial charge on any atom is -0.406 e. The number of carbonyl (C=O) groups is 1. The average Bonchev–Trinajstić information content (AvgIpc) is 3.17. The Bertz CT molecular complexity index is 1460. The number of hydrogen-bond donors (Lipinski definition) is 1. The summed E-state index contributed by atoms with van der Waals surface area (Å²) < 4.78 is 121. The summed E-state index contributed by atoms with van der Waals surface area (Å²) in [6.07, 6.45) is -12.3. The second-order valence-corrected chi connectivity index (χ2v) is 9.38. The molecule has 1 aromatic heterocycles. The van der Waals surface area contributed by atoms with Crippen molar-refractivity contribution in [3.63, 3.8) is 0 Å². The maximum Gasteiger partial charge on any atom is 0.573 e. The number of hydrogen-bond acceptors (Lipinski definition) is 5. The van der Waals surface area contributed by atoms with Gasteiger partial charge in [0.1, 0.15) is 5.75 Å². The average molecular weight is 590 g/mol. The first-order valence-corrected chi connectivity index (χ1v) is 11.6. The zero-order valence-electron chi connectivity index (χ0n) is 21.0. The molecule has 1 amide bonds. The Morgan fingerprint density at radius 2 is 1.54 bits per heavy atom. The van der Waals surface area contributed by atoms with Crippen molar-refractivity contribution in [2.75, 3.05) is 4.90 Å². The van der Waals surface area contributed by atoms with Gasteiger partial charge in [-0.05, 0) is 68.0 Å². The van der Waals surface area contributed by atoms with Crippen molar-refractivity contribution in [1.29, 1.82) is 0 Å². The molecule has 2 aromatic carbocycles. The largest absolute Gasteiger partial charge is 0.573 e. The van der Waals surface area contributed by atoms with Crippen LogP contribution in [0.25, 0.3) is 0 Å². The molecule has 218 valence electrons. The number of anilines is 1. The molecule has 1 N–H and O–H groups in total. The van der Waals surface area contributed by atoms with Gasteiger partial charge in [-0.2, -0.15) is 26.3 Å². The monoisotopic (exact) mass is 590 g/mol. The van der Waals surface area contributed by atoms with Crippen LogP contribution in [0, 0.1) is 0 Å². The third-order valence-electron chi connectivity index (χ3n) is 5.95. The number of aromatic nitrogens is 2. The molecule has 0 unspecified atom stereocenters. The van der Waals surface area contributed by atoms with E-state index < -0.39 is 53.3 Å². The van der Waals surface area contributed by atoms with Gasteiger partial charge in [0.15, 0.2) is 0 Å². The smallest absolute Gasteiger partial charge is 0.406 e. The molecule has 4 rings (SSSR count). The standard InChI is InChI=1S/C26H19F9N4O2/c1-23(2,20-10-11-36-22(37-20)25(30,31)32)38-18-13-19(14-4-3-5-17(12-14)41-26(33,34)35)39(21(18)40)16-8-6-15(7-9-16)24(27,28)29/h3-13,19,38H,1-2H3/t19-/m1/s1. The molecule has 0 radical (unpaired) electrons. The number of rotatable bonds is 6. The first kappa shape index (κ1) is 29.7. The van der Waals surface area contributed by atoms with E-state index in [1.165, 1.54) is 38.1 Å². The minimum absolute atomic E-state index is 0.0256. The van der Waals surface area contributed by atoms with Crippen molar-refractivity contribution in [2.24, 2.45) is 0 Å². The number of nitrogens with zero attached hydrogens (tertiary/aromatic N) is 3. The van der Waals surface area contributed by atoms with Crippen molar-refractivity contribution in [3.05, 3.63) is 95.2 Å². The molecular weight excluding hydrogens is 571 g/mol. The van der Waals surface area contributed by atoms with Gasteiger partial charge in [0, 0.05) is 11.9 Å². The molecule has 1 aliphatic heterocycles. The summed E-state index contributed by atoms with van der Waals surface area (Å²) in [6.45, 7) is 2.86. The Balaban J connectivity index is 1.74. The molecule has 41 heavy (non-hydrogen) atoms. The molecule has 1 atom stereocenters. The van der Waals surface area contributed by atoms with E-state index in [1.54, 1.807) is 0 Å². The predicted octanol–water partition coefficient (Wildman–Crippen LogP) is 6.91. The predicted molar refractivity (Wildman–Crippen MR) is 126 cm³/mol. The van der Waals surface area contributed by atoms with Crippen molar-refractivity contribution >= 4 is 11.6 Å². The summed E-state index contributed by atoms with van der Waals surface area (Å²) in [5, 5.41) is 2.81. The van der Waals surface area contributed by atoms with Gasteiger partial charge < -0.3 is 10.1 Å². The number of ether oxygens (including phenoxy) is 1. The summed E-state index contributed by atoms with van der Waals surface area (Å²) in [5.74, 6) is -2.83. The topological polar surface area (TPSA) is 67.3 Å². The normalized spacial score (nSPS) is 16.6. The minimum atomic E-state index is -5.02. The molecule has 15 heteroatoms. The second-order valence-electron chi connectivity index (χ2n) is 9.38. The lowest BCUT2D eigenvalue weighted by Gasteiger charge is -2.29. The highest BCUT2D eigenvalue weighted by Crippen LogP contribution is 2.39. The molecule has 6 nitrogen and oxygen atoms in total. The van der Waals surface area contributed by atoms with Crippen LogP contribution in [0.3, 0.4) is 0 Å². The fourth-order valence-corrected chi connectivity index (χ4v) is 4.13. The van der Waals surface area contributed by atoms with Crippen LogP contribution in [0.2, 0.25) is 0 Å². The number of halogens is 9. The highest BCUT2D eigenvalue weighted by Gasteiger charge is 2.40. The summed E-state index contributed by atoms with van der Waals surface area (Å²) in [5.41, 5.74) is -2.65. The maximum atomic E-state index is 13.6. The third-order valence-corrected chi connectivity index (χ3v) is 5.95. The number of alkyl halides is 9. The second kappa shape index (κ2) is 10.3. The zero-order valence-corrected chi connectivity index (χ0v) is 21.0. The van der Waals surface area contributed by atoms with Crippen LogP contribution in [0.5, 0.6) is 5.75 Å². The summed E-state index contributed by atoms with van der Waals surface area (Å²) in [4.78, 5) is 21.3. The molecule has 1 aliphatic rings. The van der Waals surface area contributed by atoms with Crippen molar-refractivity contribution in [1.82, 2.24) is 15.3 Å². The first-order chi connectivity index (χ1) is 18.8. The quantitative estimate of drug-likeness (QED) is 0.316. The van der Waals surface area contributed by atoms with E-state index in [9.17, 15) is 44.3 Å². The first-order valence-electron chi connectivity index (χ1n) is 11.6. The molecular formula is C26H19F9N4O2. The van der Waals surface area contributed by atoms with E-state index in [0.29, 0.717) is 0 Å². The van der Waals surface area contributed by atoms with Gasteiger partial charge in [0.05, 0.1) is 28.5 Å². The fourth-order valence-electron chi connectivity index (χ4n) is 4.13. The molecule has 0 bridgehead atoms. The lowest BCUT2D eigenvalue weighted by atomic mass is 9.99. The summed E-state index contributed by atoms with van der Waals surface area (Å²) >= 11 is 0. The SMILES string of the molecule is CC(C)(NC1=C[C@H](c2cccc(OC(F)(F)F)c2)N(c2ccc(C(F)(F)F)cc2)C1=O)c1ccnc(C(F)(F)F)n1. The van der Waals surface area contributed by atoms with E-state index in [4.69, 9.17) is 0 Å². The number of amides is 1. The zero-order chi connectivity index (χ0) is 30.4. The third kappa shape index (κ3) is 6.72. The van der Waals surface area contributed by atoms with Gasteiger partial charge in [-0.3, -0.25) is 9.69 Å². The molecule has 3 aromatic rings. The van der Waals surface area contributed by atoms with Crippen LogP contribution in [-0.2, 0) is 22.7 Å². The van der Waals surface area contributed by atoms with Crippen LogP contribution < -0.4 is 15.0 Å². The Kier molecular flexibility index (Phi) is 7.43.